The maximum atomic E-state index is 5.85. The zero-order valence-electron chi connectivity index (χ0n) is 12.5. The van der Waals surface area contributed by atoms with E-state index in [2.05, 4.69) is 24.1 Å². The van der Waals surface area contributed by atoms with Crippen molar-refractivity contribution in [2.45, 2.75) is 45.8 Å². The molecule has 0 aliphatic heterocycles. The highest BCUT2D eigenvalue weighted by atomic mass is 16.5. The minimum atomic E-state index is 0.158. The first-order valence-electron chi connectivity index (χ1n) is 7.10. The maximum absolute atomic E-state index is 5.85. The quantitative estimate of drug-likeness (QED) is 0.746. The molecule has 4 heteroatoms. The first-order chi connectivity index (χ1) is 9.26. The number of methoxy groups -OCH3 is 1. The summed E-state index contributed by atoms with van der Waals surface area (Å²) in [4.78, 5) is 4.24. The minimum Gasteiger partial charge on any atom is -0.495 e. The van der Waals surface area contributed by atoms with Gasteiger partial charge in [-0.2, -0.15) is 0 Å². The molecule has 1 N–H and O–H groups in total. The Morgan fingerprint density at radius 3 is 2.63 bits per heavy atom. The third kappa shape index (κ3) is 4.80. The van der Waals surface area contributed by atoms with E-state index in [0.29, 0.717) is 0 Å². The fourth-order valence-electron chi connectivity index (χ4n) is 2.14. The monoisotopic (exact) mass is 266 g/mol. The standard InChI is InChI=1S/C15H26N2O2/c1-5-8-17-15(14(6-2)19-7-3)12-9-13(18-4)11-16-10-12/h9-11,14-15,17H,5-8H2,1-4H3. The van der Waals surface area contributed by atoms with Crippen LogP contribution in [0.4, 0.5) is 0 Å². The molecule has 4 nitrogen and oxygen atoms in total. The molecule has 0 bridgehead atoms. The van der Waals surface area contributed by atoms with Crippen LogP contribution in [-0.4, -0.2) is 31.3 Å². The lowest BCUT2D eigenvalue weighted by atomic mass is 10.0. The van der Waals surface area contributed by atoms with Crippen LogP contribution < -0.4 is 10.1 Å². The van der Waals surface area contributed by atoms with E-state index in [9.17, 15) is 0 Å². The van der Waals surface area contributed by atoms with Crippen LogP contribution in [0.15, 0.2) is 18.5 Å². The second-order valence-corrected chi connectivity index (χ2v) is 4.49. The van der Waals surface area contributed by atoms with Crippen LogP contribution in [0.3, 0.4) is 0 Å². The van der Waals surface area contributed by atoms with Gasteiger partial charge in [0.1, 0.15) is 5.75 Å². The van der Waals surface area contributed by atoms with Crippen LogP contribution in [-0.2, 0) is 4.74 Å². The Balaban J connectivity index is 2.92. The topological polar surface area (TPSA) is 43.4 Å². The molecule has 0 aromatic carbocycles. The largest absolute Gasteiger partial charge is 0.495 e. The van der Waals surface area contributed by atoms with E-state index >= 15 is 0 Å². The summed E-state index contributed by atoms with van der Waals surface area (Å²) in [7, 11) is 1.66. The van der Waals surface area contributed by atoms with Gasteiger partial charge in [0, 0.05) is 12.8 Å². The number of hydrogen-bond donors (Lipinski definition) is 1. The normalized spacial score (nSPS) is 14.1. The van der Waals surface area contributed by atoms with Gasteiger partial charge >= 0.3 is 0 Å². The van der Waals surface area contributed by atoms with Gasteiger partial charge in [-0.25, -0.2) is 0 Å². The van der Waals surface area contributed by atoms with E-state index in [1.165, 1.54) is 0 Å². The molecule has 0 aliphatic carbocycles. The molecule has 108 valence electrons. The number of rotatable bonds is 9. The van der Waals surface area contributed by atoms with Gasteiger partial charge < -0.3 is 14.8 Å². The van der Waals surface area contributed by atoms with Crippen molar-refractivity contribution in [2.24, 2.45) is 0 Å². The van der Waals surface area contributed by atoms with Crippen LogP contribution in [0.25, 0.3) is 0 Å². The van der Waals surface area contributed by atoms with Gasteiger partial charge in [0.2, 0.25) is 0 Å². The highest BCUT2D eigenvalue weighted by Crippen LogP contribution is 2.24. The summed E-state index contributed by atoms with van der Waals surface area (Å²) >= 11 is 0. The van der Waals surface area contributed by atoms with Gasteiger partial charge in [-0.15, -0.1) is 0 Å². The van der Waals surface area contributed by atoms with Gasteiger partial charge in [0.25, 0.3) is 0 Å². The minimum absolute atomic E-state index is 0.158. The average Bonchev–Trinajstić information content (AvgIpc) is 2.46. The molecule has 0 aliphatic rings. The fourth-order valence-corrected chi connectivity index (χ4v) is 2.14. The molecule has 1 rings (SSSR count). The Kier molecular flexibility index (Phi) is 7.45. The van der Waals surface area contributed by atoms with E-state index < -0.39 is 0 Å². The molecule has 0 spiro atoms. The zero-order chi connectivity index (χ0) is 14.1. The summed E-state index contributed by atoms with van der Waals surface area (Å²) in [6.07, 6.45) is 5.83. The number of aromatic nitrogens is 1. The van der Waals surface area contributed by atoms with Crippen molar-refractivity contribution in [3.63, 3.8) is 0 Å². The molecule has 1 aromatic rings. The predicted octanol–water partition coefficient (Wildman–Crippen LogP) is 2.95. The van der Waals surface area contributed by atoms with Crippen molar-refractivity contribution in [1.82, 2.24) is 10.3 Å². The van der Waals surface area contributed by atoms with Gasteiger partial charge in [0.15, 0.2) is 0 Å². The highest BCUT2D eigenvalue weighted by Gasteiger charge is 2.22. The van der Waals surface area contributed by atoms with Crippen molar-refractivity contribution >= 4 is 0 Å². The molecule has 0 radical (unpaired) electrons. The van der Waals surface area contributed by atoms with Gasteiger partial charge in [-0.05, 0) is 37.9 Å². The van der Waals surface area contributed by atoms with Crippen LogP contribution >= 0.6 is 0 Å². The lowest BCUT2D eigenvalue weighted by molar-refractivity contribution is 0.0313. The van der Waals surface area contributed by atoms with Crippen molar-refractivity contribution in [1.29, 1.82) is 0 Å². The van der Waals surface area contributed by atoms with Gasteiger partial charge in [-0.3, -0.25) is 4.98 Å². The molecule has 2 atom stereocenters. The highest BCUT2D eigenvalue weighted by molar-refractivity contribution is 5.26. The second-order valence-electron chi connectivity index (χ2n) is 4.49. The van der Waals surface area contributed by atoms with E-state index in [4.69, 9.17) is 9.47 Å². The molecule has 0 amide bonds. The summed E-state index contributed by atoms with van der Waals surface area (Å²) in [6.45, 7) is 8.03. The third-order valence-electron chi connectivity index (χ3n) is 3.10. The number of hydrogen-bond acceptors (Lipinski definition) is 4. The van der Waals surface area contributed by atoms with E-state index in [1.807, 2.05) is 19.2 Å². The van der Waals surface area contributed by atoms with E-state index in [-0.39, 0.29) is 12.1 Å². The first kappa shape index (κ1) is 15.9. The summed E-state index contributed by atoms with van der Waals surface area (Å²) in [5, 5.41) is 3.55. The van der Waals surface area contributed by atoms with Crippen molar-refractivity contribution in [2.75, 3.05) is 20.3 Å². The van der Waals surface area contributed by atoms with Crippen LogP contribution in [0, 0.1) is 0 Å². The molecule has 1 heterocycles. The number of nitrogens with one attached hydrogen (secondary N) is 1. The van der Waals surface area contributed by atoms with E-state index in [1.54, 1.807) is 13.3 Å². The van der Waals surface area contributed by atoms with Crippen LogP contribution in [0.1, 0.15) is 45.2 Å². The number of ether oxygens (including phenoxy) is 2. The fraction of sp³-hybridized carbons (Fsp3) is 0.667. The molecule has 0 saturated heterocycles. The molecular weight excluding hydrogens is 240 g/mol. The Morgan fingerprint density at radius 2 is 2.05 bits per heavy atom. The Morgan fingerprint density at radius 1 is 1.26 bits per heavy atom. The number of nitrogens with zero attached hydrogens (tertiary/aromatic N) is 1. The van der Waals surface area contributed by atoms with Crippen molar-refractivity contribution in [3.8, 4) is 5.75 Å². The molecule has 1 aromatic heterocycles. The summed E-state index contributed by atoms with van der Waals surface area (Å²) in [5.74, 6) is 0.784. The molecule has 0 fully saturated rings. The molecule has 0 saturated carbocycles. The van der Waals surface area contributed by atoms with Gasteiger partial charge in [-0.1, -0.05) is 13.8 Å². The molecular formula is C15H26N2O2. The first-order valence-corrected chi connectivity index (χ1v) is 7.10. The summed E-state index contributed by atoms with van der Waals surface area (Å²) < 4.78 is 11.1. The smallest absolute Gasteiger partial charge is 0.137 e. The Hall–Kier alpha value is -1.13. The van der Waals surface area contributed by atoms with Crippen LogP contribution in [0.2, 0.25) is 0 Å². The van der Waals surface area contributed by atoms with Crippen molar-refractivity contribution in [3.05, 3.63) is 24.0 Å². The average molecular weight is 266 g/mol. The summed E-state index contributed by atoms with van der Waals surface area (Å²) in [5.41, 5.74) is 1.12. The predicted molar refractivity (Wildman–Crippen MR) is 77.5 cm³/mol. The Labute approximate surface area is 116 Å². The van der Waals surface area contributed by atoms with E-state index in [0.717, 1.165) is 37.3 Å². The van der Waals surface area contributed by atoms with Crippen LogP contribution in [0.5, 0.6) is 5.75 Å². The lowest BCUT2D eigenvalue weighted by Crippen LogP contribution is -2.34. The third-order valence-corrected chi connectivity index (χ3v) is 3.10. The summed E-state index contributed by atoms with van der Waals surface area (Å²) in [6, 6.07) is 2.19. The van der Waals surface area contributed by atoms with Gasteiger partial charge in [0.05, 0.1) is 25.5 Å². The Bertz CT molecular complexity index is 358. The SMILES string of the molecule is CCCNC(c1cncc(OC)c1)C(CC)OCC. The zero-order valence-corrected chi connectivity index (χ0v) is 12.5. The second kappa shape index (κ2) is 8.88. The maximum Gasteiger partial charge on any atom is 0.137 e. The molecule has 19 heavy (non-hydrogen) atoms. The lowest BCUT2D eigenvalue weighted by Gasteiger charge is -2.27. The molecule has 2 unspecified atom stereocenters. The van der Waals surface area contributed by atoms with Crippen molar-refractivity contribution < 1.29 is 9.47 Å². The number of pyridine rings is 1.